The molecule has 0 spiro atoms. The van der Waals surface area contributed by atoms with E-state index >= 15 is 0 Å². The summed E-state index contributed by atoms with van der Waals surface area (Å²) in [6.45, 7) is 8.20. The zero-order valence-electron chi connectivity index (χ0n) is 9.63. The van der Waals surface area contributed by atoms with Crippen molar-refractivity contribution in [1.82, 2.24) is 0 Å². The smallest absolute Gasteiger partial charge is 0.164 e. The Morgan fingerprint density at radius 2 is 1.77 bits per heavy atom. The molecule has 0 rings (SSSR count). The molecular weight excluding hydrogens is 164 g/mol. The molecule has 1 N–H and O–H groups in total. The molecule has 2 unspecified atom stereocenters. The molecule has 0 aromatic carbocycles. The van der Waals surface area contributed by atoms with Crippen LogP contribution >= 0.6 is 0 Å². The van der Waals surface area contributed by atoms with Gasteiger partial charge in [-0.2, -0.15) is 0 Å². The summed E-state index contributed by atoms with van der Waals surface area (Å²) in [6, 6.07) is 0. The molecule has 0 aromatic heterocycles. The molecule has 0 saturated carbocycles. The third-order valence-corrected chi connectivity index (χ3v) is 2.75. The van der Waals surface area contributed by atoms with Gasteiger partial charge in [-0.05, 0) is 19.3 Å². The van der Waals surface area contributed by atoms with Crippen LogP contribution in [-0.2, 0) is 4.74 Å². The highest BCUT2D eigenvalue weighted by molar-refractivity contribution is 4.68. The molecule has 0 heterocycles. The van der Waals surface area contributed by atoms with Gasteiger partial charge in [-0.1, -0.05) is 33.6 Å². The van der Waals surface area contributed by atoms with Crippen LogP contribution in [0.1, 0.15) is 47.0 Å². The van der Waals surface area contributed by atoms with Crippen LogP contribution in [0.25, 0.3) is 0 Å². The van der Waals surface area contributed by atoms with Gasteiger partial charge in [0.15, 0.2) is 5.79 Å². The van der Waals surface area contributed by atoms with E-state index in [1.807, 2.05) is 6.92 Å². The second kappa shape index (κ2) is 5.61. The van der Waals surface area contributed by atoms with Gasteiger partial charge < -0.3 is 9.84 Å². The van der Waals surface area contributed by atoms with Crippen molar-refractivity contribution in [3.8, 4) is 0 Å². The van der Waals surface area contributed by atoms with Crippen LogP contribution in [0.15, 0.2) is 0 Å². The zero-order chi connectivity index (χ0) is 10.5. The van der Waals surface area contributed by atoms with Crippen molar-refractivity contribution in [2.45, 2.75) is 52.7 Å². The normalized spacial score (nSPS) is 18.7. The summed E-state index contributed by atoms with van der Waals surface area (Å²) in [7, 11) is 1.55. The van der Waals surface area contributed by atoms with Crippen LogP contribution in [0.3, 0.4) is 0 Å². The van der Waals surface area contributed by atoms with Crippen molar-refractivity contribution in [1.29, 1.82) is 0 Å². The summed E-state index contributed by atoms with van der Waals surface area (Å²) in [5, 5.41) is 9.73. The third kappa shape index (κ3) is 5.27. The Morgan fingerprint density at radius 1 is 1.23 bits per heavy atom. The molecule has 0 saturated heterocycles. The molecule has 13 heavy (non-hydrogen) atoms. The van der Waals surface area contributed by atoms with Crippen molar-refractivity contribution in [2.24, 2.45) is 11.8 Å². The molecule has 0 aliphatic carbocycles. The summed E-state index contributed by atoms with van der Waals surface area (Å²) < 4.78 is 5.01. The van der Waals surface area contributed by atoms with Crippen molar-refractivity contribution >= 4 is 0 Å². The first-order chi connectivity index (χ1) is 5.90. The van der Waals surface area contributed by atoms with Gasteiger partial charge in [0.05, 0.1) is 0 Å². The molecule has 2 heteroatoms. The van der Waals surface area contributed by atoms with Crippen molar-refractivity contribution in [2.75, 3.05) is 7.11 Å². The van der Waals surface area contributed by atoms with E-state index in [4.69, 9.17) is 4.74 Å². The first kappa shape index (κ1) is 12.9. The van der Waals surface area contributed by atoms with Crippen LogP contribution in [0.5, 0.6) is 0 Å². The Bertz CT molecular complexity index is 130. The Balaban J connectivity index is 3.68. The number of hydrogen-bond acceptors (Lipinski definition) is 2. The molecule has 0 aliphatic heterocycles. The first-order valence-electron chi connectivity index (χ1n) is 5.17. The van der Waals surface area contributed by atoms with Gasteiger partial charge in [-0.15, -0.1) is 0 Å². The maximum absolute atomic E-state index is 9.73. The van der Waals surface area contributed by atoms with E-state index in [0.717, 1.165) is 12.3 Å². The lowest BCUT2D eigenvalue weighted by atomic mass is 9.94. The highest BCUT2D eigenvalue weighted by atomic mass is 16.6. The highest BCUT2D eigenvalue weighted by Gasteiger charge is 2.26. The molecule has 2 atom stereocenters. The minimum absolute atomic E-state index is 0.205. The molecule has 80 valence electrons. The summed E-state index contributed by atoms with van der Waals surface area (Å²) in [5.74, 6) is -0.00675. The first-order valence-corrected chi connectivity index (χ1v) is 5.17. The lowest BCUT2D eigenvalue weighted by molar-refractivity contribution is -0.205. The Labute approximate surface area is 82.3 Å². The van der Waals surface area contributed by atoms with Crippen LogP contribution in [0.4, 0.5) is 0 Å². The van der Waals surface area contributed by atoms with Crippen molar-refractivity contribution in [3.05, 3.63) is 0 Å². The summed E-state index contributed by atoms with van der Waals surface area (Å²) in [6.07, 6.45) is 3.42. The van der Waals surface area contributed by atoms with E-state index in [1.165, 1.54) is 12.8 Å². The number of aliphatic hydroxyl groups is 1. The molecule has 0 bridgehead atoms. The Kier molecular flexibility index (Phi) is 5.57. The van der Waals surface area contributed by atoms with E-state index in [0.29, 0.717) is 0 Å². The monoisotopic (exact) mass is 188 g/mol. The highest BCUT2D eigenvalue weighted by Crippen LogP contribution is 2.23. The molecule has 0 amide bonds. The van der Waals surface area contributed by atoms with Crippen LogP contribution < -0.4 is 0 Å². The number of rotatable bonds is 6. The van der Waals surface area contributed by atoms with Crippen molar-refractivity contribution in [3.63, 3.8) is 0 Å². The van der Waals surface area contributed by atoms with Crippen LogP contribution in [0, 0.1) is 11.8 Å². The topological polar surface area (TPSA) is 29.5 Å². The van der Waals surface area contributed by atoms with Crippen LogP contribution in [-0.4, -0.2) is 18.0 Å². The largest absolute Gasteiger partial charge is 0.365 e. The standard InChI is InChI=1S/C11H24O2/c1-9(2)7-6-8-10(3)11(4,12)13-5/h9-10,12H,6-8H2,1-5H3. The van der Waals surface area contributed by atoms with Gasteiger partial charge >= 0.3 is 0 Å². The zero-order valence-corrected chi connectivity index (χ0v) is 9.63. The van der Waals surface area contributed by atoms with E-state index in [2.05, 4.69) is 13.8 Å². The lowest BCUT2D eigenvalue weighted by Crippen LogP contribution is -2.34. The Morgan fingerprint density at radius 3 is 2.15 bits per heavy atom. The van der Waals surface area contributed by atoms with E-state index in [9.17, 15) is 5.11 Å². The number of ether oxygens (including phenoxy) is 1. The predicted octanol–water partition coefficient (Wildman–Crippen LogP) is 2.80. The third-order valence-electron chi connectivity index (χ3n) is 2.75. The minimum Gasteiger partial charge on any atom is -0.365 e. The van der Waals surface area contributed by atoms with E-state index in [-0.39, 0.29) is 5.92 Å². The fourth-order valence-electron chi connectivity index (χ4n) is 1.30. The summed E-state index contributed by atoms with van der Waals surface area (Å²) in [4.78, 5) is 0. The minimum atomic E-state index is -0.961. The van der Waals surface area contributed by atoms with Crippen LogP contribution in [0.2, 0.25) is 0 Å². The molecule has 0 aliphatic rings. The molecule has 2 nitrogen and oxygen atoms in total. The lowest BCUT2D eigenvalue weighted by Gasteiger charge is -2.28. The average molecular weight is 188 g/mol. The van der Waals surface area contributed by atoms with Gasteiger partial charge in [0.2, 0.25) is 0 Å². The second-order valence-electron chi connectivity index (χ2n) is 4.48. The molecule has 0 aromatic rings. The van der Waals surface area contributed by atoms with Gasteiger partial charge in [-0.25, -0.2) is 0 Å². The maximum Gasteiger partial charge on any atom is 0.164 e. The SMILES string of the molecule is COC(C)(O)C(C)CCCC(C)C. The second-order valence-corrected chi connectivity index (χ2v) is 4.48. The van der Waals surface area contributed by atoms with Crippen molar-refractivity contribution < 1.29 is 9.84 Å². The predicted molar refractivity (Wildman–Crippen MR) is 55.5 cm³/mol. The van der Waals surface area contributed by atoms with Gasteiger partial charge in [0, 0.05) is 13.0 Å². The number of methoxy groups -OCH3 is 1. The fourth-order valence-corrected chi connectivity index (χ4v) is 1.30. The summed E-state index contributed by atoms with van der Waals surface area (Å²) >= 11 is 0. The number of hydrogen-bond donors (Lipinski definition) is 1. The van der Waals surface area contributed by atoms with Gasteiger partial charge in [-0.3, -0.25) is 0 Å². The van der Waals surface area contributed by atoms with Gasteiger partial charge in [0.25, 0.3) is 0 Å². The quantitative estimate of drug-likeness (QED) is 0.649. The average Bonchev–Trinajstić information content (AvgIpc) is 2.03. The molecular formula is C11H24O2. The van der Waals surface area contributed by atoms with E-state index < -0.39 is 5.79 Å². The molecule has 0 fully saturated rings. The van der Waals surface area contributed by atoms with E-state index in [1.54, 1.807) is 14.0 Å². The van der Waals surface area contributed by atoms with Gasteiger partial charge in [0.1, 0.15) is 0 Å². The Hall–Kier alpha value is -0.0800. The molecule has 0 radical (unpaired) electrons. The maximum atomic E-state index is 9.73. The fraction of sp³-hybridized carbons (Fsp3) is 1.00. The summed E-state index contributed by atoms with van der Waals surface area (Å²) in [5.41, 5.74) is 0.